The molecule has 43 heavy (non-hydrogen) atoms. The van der Waals surface area contributed by atoms with Crippen LogP contribution in [0.2, 0.25) is 10.0 Å². The number of pyridine rings is 2. The number of H-pyrrole nitrogens is 2. The van der Waals surface area contributed by atoms with E-state index in [4.69, 9.17) is 28.9 Å². The molecule has 6 rings (SSSR count). The van der Waals surface area contributed by atoms with Gasteiger partial charge in [-0.2, -0.15) is 4.98 Å². The molecule has 4 heterocycles. The van der Waals surface area contributed by atoms with Gasteiger partial charge in [0.25, 0.3) is 11.1 Å². The third-order valence-electron chi connectivity index (χ3n) is 7.11. The molecule has 0 bridgehead atoms. The lowest BCUT2D eigenvalue weighted by atomic mass is 10.1. The molecule has 0 aliphatic heterocycles. The van der Waals surface area contributed by atoms with E-state index in [-0.39, 0.29) is 23.2 Å². The van der Waals surface area contributed by atoms with Gasteiger partial charge in [0, 0.05) is 60.9 Å². The van der Waals surface area contributed by atoms with Crippen molar-refractivity contribution in [2.45, 2.75) is 39.8 Å². The number of aromatic nitrogens is 6. The predicted molar refractivity (Wildman–Crippen MR) is 172 cm³/mol. The van der Waals surface area contributed by atoms with Crippen LogP contribution in [0.4, 0.5) is 5.95 Å². The van der Waals surface area contributed by atoms with Gasteiger partial charge in [-0.25, -0.2) is 9.97 Å². The van der Waals surface area contributed by atoms with Crippen LogP contribution in [0.3, 0.4) is 0 Å². The Kier molecular flexibility index (Phi) is 8.63. The first-order chi connectivity index (χ1) is 20.5. The maximum Gasteiger partial charge on any atom is 0.253 e. The summed E-state index contributed by atoms with van der Waals surface area (Å²) in [5.41, 5.74) is 10.0. The van der Waals surface area contributed by atoms with E-state index in [1.807, 2.05) is 43.5 Å². The minimum Gasteiger partial charge on any atom is -0.347 e. The normalized spacial score (nSPS) is 12.5. The number of hydrogen-bond donors (Lipinski definition) is 4. The van der Waals surface area contributed by atoms with Crippen LogP contribution < -0.4 is 22.2 Å². The second-order valence-electron chi connectivity index (χ2n) is 10.2. The van der Waals surface area contributed by atoms with Crippen molar-refractivity contribution >= 4 is 51.0 Å². The molecule has 0 aliphatic rings. The molecule has 2 aromatic carbocycles. The van der Waals surface area contributed by atoms with Gasteiger partial charge >= 0.3 is 0 Å². The number of nitrogens with zero attached hydrogens (tertiary/aromatic N) is 4. The molecule has 0 unspecified atom stereocenters. The number of aryl methyl sites for hydroxylation is 1. The lowest BCUT2D eigenvalue weighted by molar-refractivity contribution is 0.804. The number of aromatic amines is 2. The number of hydrogen-bond acceptors (Lipinski definition) is 7. The van der Waals surface area contributed by atoms with E-state index in [1.54, 1.807) is 55.8 Å². The molecular weight excluding hydrogens is 587 g/mol. The molecule has 0 spiro atoms. The van der Waals surface area contributed by atoms with Crippen LogP contribution in [0.5, 0.6) is 0 Å². The largest absolute Gasteiger partial charge is 0.347 e. The van der Waals surface area contributed by atoms with E-state index in [0.29, 0.717) is 32.9 Å². The van der Waals surface area contributed by atoms with Gasteiger partial charge in [-0.3, -0.25) is 14.2 Å². The number of benzene rings is 2. The van der Waals surface area contributed by atoms with Gasteiger partial charge in [-0.1, -0.05) is 23.2 Å². The molecule has 10 nitrogen and oxygen atoms in total. The van der Waals surface area contributed by atoms with Gasteiger partial charge in [0.05, 0.1) is 11.7 Å². The van der Waals surface area contributed by atoms with Crippen molar-refractivity contribution in [3.05, 3.63) is 120 Å². The van der Waals surface area contributed by atoms with E-state index >= 15 is 0 Å². The van der Waals surface area contributed by atoms with Crippen LogP contribution in [0.15, 0.2) is 76.7 Å². The number of fused-ring (bicyclic) bond motifs is 2. The van der Waals surface area contributed by atoms with Crippen LogP contribution in [0.1, 0.15) is 48.4 Å². The molecule has 4 aromatic heterocycles. The van der Waals surface area contributed by atoms with Crippen molar-refractivity contribution in [1.29, 1.82) is 0 Å². The third kappa shape index (κ3) is 6.61. The van der Waals surface area contributed by atoms with Crippen LogP contribution >= 0.6 is 23.2 Å². The summed E-state index contributed by atoms with van der Waals surface area (Å²) >= 11 is 11.9. The molecule has 0 saturated carbocycles. The number of imidazole rings is 1. The molecule has 220 valence electrons. The first-order valence-electron chi connectivity index (χ1n) is 13.5. The first kappa shape index (κ1) is 30.0. The second kappa shape index (κ2) is 12.4. The zero-order valence-electron chi connectivity index (χ0n) is 23.9. The minimum atomic E-state index is -0.298. The molecule has 12 heteroatoms. The van der Waals surface area contributed by atoms with Gasteiger partial charge in [-0.15, -0.1) is 0 Å². The summed E-state index contributed by atoms with van der Waals surface area (Å²) in [6, 6.07) is 15.6. The van der Waals surface area contributed by atoms with Crippen LogP contribution in [0, 0.1) is 13.8 Å². The molecule has 2 atom stereocenters. The Morgan fingerprint density at radius 3 is 1.98 bits per heavy atom. The highest BCUT2D eigenvalue weighted by Crippen LogP contribution is 2.22. The maximum atomic E-state index is 12.5. The van der Waals surface area contributed by atoms with Gasteiger partial charge in [0.2, 0.25) is 5.95 Å². The van der Waals surface area contributed by atoms with Crippen molar-refractivity contribution in [3.63, 3.8) is 0 Å². The first-order valence-corrected chi connectivity index (χ1v) is 14.3. The van der Waals surface area contributed by atoms with Crippen molar-refractivity contribution < 1.29 is 0 Å². The predicted octanol–water partition coefficient (Wildman–Crippen LogP) is 6.15. The number of halogens is 2. The van der Waals surface area contributed by atoms with E-state index < -0.39 is 0 Å². The summed E-state index contributed by atoms with van der Waals surface area (Å²) in [4.78, 5) is 42.9. The van der Waals surface area contributed by atoms with E-state index in [9.17, 15) is 9.59 Å². The highest BCUT2D eigenvalue weighted by Gasteiger charge is 2.14. The standard InChI is InChI=1S/C20H19ClN6O.C11H11ClN2O/c1-11-13(3)27(10-23-11)18-6-7-22-20(26-18)24-12(2)16-9-14-8-15(21)4-5-17(14)25-19(16)28;1-6(13)9-5-7-4-8(12)2-3-10(7)14-11(9)15/h4-10,12H,1-3H3,(H,25,28)(H,22,24,26);2-6H,13H2,1H3,(H,14,15)/t12-;6-/m00/s1. The van der Waals surface area contributed by atoms with Crippen LogP contribution in [-0.4, -0.2) is 29.5 Å². The second-order valence-corrected chi connectivity index (χ2v) is 11.1. The average molecular weight is 618 g/mol. The molecular formula is C31H30Cl2N8O2. The monoisotopic (exact) mass is 616 g/mol. The number of nitrogens with two attached hydrogens (primary N) is 1. The van der Waals surface area contributed by atoms with Crippen LogP contribution in [-0.2, 0) is 0 Å². The van der Waals surface area contributed by atoms with E-state index in [0.717, 1.165) is 33.2 Å². The van der Waals surface area contributed by atoms with E-state index in [1.165, 1.54) is 0 Å². The quantitative estimate of drug-likeness (QED) is 0.181. The molecule has 0 aliphatic carbocycles. The van der Waals surface area contributed by atoms with Crippen molar-refractivity contribution in [2.75, 3.05) is 5.32 Å². The summed E-state index contributed by atoms with van der Waals surface area (Å²) in [5.74, 6) is 1.14. The number of nitrogens with one attached hydrogen (secondary N) is 3. The van der Waals surface area contributed by atoms with E-state index in [2.05, 4.69) is 30.2 Å². The zero-order chi connectivity index (χ0) is 30.8. The Morgan fingerprint density at radius 2 is 1.42 bits per heavy atom. The maximum absolute atomic E-state index is 12.5. The zero-order valence-corrected chi connectivity index (χ0v) is 25.5. The lowest BCUT2D eigenvalue weighted by Gasteiger charge is -2.15. The summed E-state index contributed by atoms with van der Waals surface area (Å²) in [6.45, 7) is 7.61. The molecule has 5 N–H and O–H groups in total. The Morgan fingerprint density at radius 1 is 0.837 bits per heavy atom. The van der Waals surface area contributed by atoms with Crippen LogP contribution in [0.25, 0.3) is 27.6 Å². The average Bonchev–Trinajstić information content (AvgIpc) is 3.30. The van der Waals surface area contributed by atoms with Gasteiger partial charge in [-0.05, 0) is 82.3 Å². The topological polar surface area (TPSA) is 147 Å². The van der Waals surface area contributed by atoms with Crippen molar-refractivity contribution in [3.8, 4) is 5.82 Å². The number of anilines is 1. The highest BCUT2D eigenvalue weighted by atomic mass is 35.5. The fourth-order valence-electron chi connectivity index (χ4n) is 4.60. The summed E-state index contributed by atoms with van der Waals surface area (Å²) in [5, 5.41) is 6.24. The summed E-state index contributed by atoms with van der Waals surface area (Å²) in [7, 11) is 0. The Labute approximate surface area is 256 Å². The fraction of sp³-hybridized carbons (Fsp3) is 0.194. The fourth-order valence-corrected chi connectivity index (χ4v) is 4.96. The highest BCUT2D eigenvalue weighted by molar-refractivity contribution is 6.31. The SMILES string of the molecule is C[C@H](N)c1cc2cc(Cl)ccc2[nH]c1=O.Cc1ncn(-c2ccnc(N[C@@H](C)c3cc4cc(Cl)ccc4[nH]c3=O)n2)c1C. The van der Waals surface area contributed by atoms with Crippen molar-refractivity contribution in [1.82, 2.24) is 29.5 Å². The Balaban J connectivity index is 0.000000207. The lowest BCUT2D eigenvalue weighted by Crippen LogP contribution is -2.20. The molecule has 0 saturated heterocycles. The third-order valence-corrected chi connectivity index (χ3v) is 7.58. The molecule has 0 amide bonds. The summed E-state index contributed by atoms with van der Waals surface area (Å²) in [6.07, 6.45) is 3.41. The Hall–Kier alpha value is -4.51. The number of rotatable bonds is 5. The minimum absolute atomic E-state index is 0.139. The van der Waals surface area contributed by atoms with Crippen molar-refractivity contribution in [2.24, 2.45) is 5.73 Å². The van der Waals surface area contributed by atoms with Gasteiger partial charge < -0.3 is 21.0 Å². The Bertz CT molecular complexity index is 2070. The smallest absolute Gasteiger partial charge is 0.253 e. The van der Waals surface area contributed by atoms with Gasteiger partial charge in [0.1, 0.15) is 12.1 Å². The molecule has 0 radical (unpaired) electrons. The summed E-state index contributed by atoms with van der Waals surface area (Å²) < 4.78 is 1.90. The van der Waals surface area contributed by atoms with Gasteiger partial charge in [0.15, 0.2) is 0 Å². The molecule has 6 aromatic rings. The molecule has 0 fully saturated rings.